The van der Waals surface area contributed by atoms with Crippen LogP contribution in [0.2, 0.25) is 0 Å². The summed E-state index contributed by atoms with van der Waals surface area (Å²) in [5.74, 6) is -2.90. The molecule has 4 aliphatic rings. The van der Waals surface area contributed by atoms with E-state index in [1.165, 1.54) is 37.3 Å². The number of rotatable bonds is 11. The highest BCUT2D eigenvalue weighted by molar-refractivity contribution is 5.91. The van der Waals surface area contributed by atoms with Crippen molar-refractivity contribution in [2.75, 3.05) is 13.2 Å². The molecule has 53 heavy (non-hydrogen) atoms. The minimum absolute atomic E-state index is 0.0197. The number of carbonyl (C=O) groups excluding carboxylic acids is 1. The summed E-state index contributed by atoms with van der Waals surface area (Å²) in [6.45, 7) is 0.712. The second-order valence-corrected chi connectivity index (χ2v) is 13.3. The summed E-state index contributed by atoms with van der Waals surface area (Å²) in [6, 6.07) is 5.67. The number of aliphatic carboxylic acids is 1. The number of phenols is 1. The fourth-order valence-electron chi connectivity index (χ4n) is 6.67. The van der Waals surface area contributed by atoms with Crippen LogP contribution in [-0.4, -0.2) is 145 Å². The normalized spacial score (nSPS) is 34.2. The van der Waals surface area contributed by atoms with Crippen molar-refractivity contribution in [3.8, 4) is 11.5 Å². The molecule has 3 aliphatic heterocycles. The number of esters is 1. The number of hydrogen-bond donors (Lipinski definition) is 9. The first kappa shape index (κ1) is 38.5. The van der Waals surface area contributed by atoms with E-state index in [0.29, 0.717) is 11.1 Å². The zero-order chi connectivity index (χ0) is 38.3. The highest BCUT2D eigenvalue weighted by atomic mass is 16.7. The van der Waals surface area contributed by atoms with Crippen molar-refractivity contribution in [3.63, 3.8) is 0 Å². The molecule has 18 nitrogen and oxygen atoms in total. The van der Waals surface area contributed by atoms with Crippen LogP contribution in [0.15, 0.2) is 52.5 Å². The molecule has 0 aromatic heterocycles. The molecule has 0 saturated carbocycles. The average molecular weight is 749 g/mol. The van der Waals surface area contributed by atoms with Crippen molar-refractivity contribution in [2.24, 2.45) is 0 Å². The maximum absolute atomic E-state index is 13.9. The highest BCUT2D eigenvalue weighted by Gasteiger charge is 2.50. The van der Waals surface area contributed by atoms with Crippen LogP contribution in [0, 0.1) is 0 Å². The van der Waals surface area contributed by atoms with Gasteiger partial charge in [0, 0.05) is 23.6 Å². The fraction of sp³-hybridized carbons (Fsp3) is 0.514. The van der Waals surface area contributed by atoms with Crippen LogP contribution in [0.1, 0.15) is 24.5 Å². The largest absolute Gasteiger partial charge is 0.510 e. The first-order chi connectivity index (χ1) is 25.1. The molecule has 3 heterocycles. The second kappa shape index (κ2) is 15.6. The number of aromatic hydroxyl groups is 1. The summed E-state index contributed by atoms with van der Waals surface area (Å²) in [5.41, 5.74) is 0.0155. The first-order valence-electron chi connectivity index (χ1n) is 16.8. The molecule has 12 atom stereocenters. The monoisotopic (exact) mass is 748 g/mol. The van der Waals surface area contributed by atoms with E-state index in [1.54, 1.807) is 6.07 Å². The van der Waals surface area contributed by atoms with Gasteiger partial charge in [-0.05, 0) is 36.4 Å². The Morgan fingerprint density at radius 2 is 1.68 bits per heavy atom. The third-order valence-electron chi connectivity index (χ3n) is 9.61. The molecule has 0 radical (unpaired) electrons. The molecule has 12 unspecified atom stereocenters. The quantitative estimate of drug-likeness (QED) is 0.114. The molecule has 18 heteroatoms. The Labute approximate surface area is 300 Å². The lowest BCUT2D eigenvalue weighted by Gasteiger charge is -2.44. The molecule has 288 valence electrons. The predicted octanol–water partition coefficient (Wildman–Crippen LogP) is -1.81. The maximum atomic E-state index is 13.9. The van der Waals surface area contributed by atoms with Gasteiger partial charge in [0.2, 0.25) is 5.43 Å². The minimum atomic E-state index is -1.91. The van der Waals surface area contributed by atoms with Crippen LogP contribution < -0.4 is 10.2 Å². The molecule has 0 spiro atoms. The molecule has 0 bridgehead atoms. The third-order valence-corrected chi connectivity index (χ3v) is 9.61. The zero-order valence-corrected chi connectivity index (χ0v) is 28.1. The summed E-state index contributed by atoms with van der Waals surface area (Å²) >= 11 is 0. The summed E-state index contributed by atoms with van der Waals surface area (Å²) in [4.78, 5) is 37.0. The van der Waals surface area contributed by atoms with Gasteiger partial charge < -0.3 is 74.4 Å². The van der Waals surface area contributed by atoms with E-state index in [2.05, 4.69) is 0 Å². The Hall–Kier alpha value is -4.21. The lowest BCUT2D eigenvalue weighted by Crippen LogP contribution is -2.63. The van der Waals surface area contributed by atoms with Gasteiger partial charge in [-0.25, -0.2) is 4.79 Å². The third kappa shape index (κ3) is 8.02. The molecule has 9 N–H and O–H groups in total. The number of ether oxygens (including phenoxy) is 6. The molecular weight excluding hydrogens is 708 g/mol. The van der Waals surface area contributed by atoms with Crippen LogP contribution in [0.3, 0.4) is 0 Å². The van der Waals surface area contributed by atoms with Gasteiger partial charge >= 0.3 is 11.9 Å². The van der Waals surface area contributed by atoms with Crippen LogP contribution in [0.5, 0.6) is 11.5 Å². The van der Waals surface area contributed by atoms with Crippen molar-refractivity contribution < 1.29 is 84.0 Å². The molecule has 2 saturated heterocycles. The van der Waals surface area contributed by atoms with Crippen LogP contribution in [0.25, 0.3) is 10.8 Å². The number of carboxylic acid groups (broad SMARTS) is 1. The number of carboxylic acids is 1. The summed E-state index contributed by atoms with van der Waals surface area (Å²) in [6.07, 6.45) is -15.5. The van der Waals surface area contributed by atoms with E-state index < -0.39 is 116 Å². The van der Waals surface area contributed by atoms with E-state index in [9.17, 15) is 60.3 Å². The smallest absolute Gasteiger partial charge is 0.331 e. The minimum Gasteiger partial charge on any atom is -0.510 e. The fourth-order valence-corrected chi connectivity index (χ4v) is 6.67. The van der Waals surface area contributed by atoms with Crippen molar-refractivity contribution >= 4 is 22.7 Å². The summed E-state index contributed by atoms with van der Waals surface area (Å²) in [5, 5.41) is 93.7. The van der Waals surface area contributed by atoms with Crippen molar-refractivity contribution in [3.05, 3.63) is 69.1 Å². The van der Waals surface area contributed by atoms with Gasteiger partial charge in [-0.2, -0.15) is 0 Å². The van der Waals surface area contributed by atoms with E-state index >= 15 is 0 Å². The number of phenolic OH excluding ortho intramolecular Hbond substituents is 1. The number of aliphatic hydroxyl groups excluding tert-OH is 7. The summed E-state index contributed by atoms with van der Waals surface area (Å²) < 4.78 is 33.2. The Bertz CT molecular complexity index is 1840. The standard InChI is InChI=1S/C35H40O18/c1-13-26(40)31(45)33(34(47)50-13)53-35-32(46)30(44)29(43)22(52-35)12-49-21-7-14(4-5-48-20-11-19-17(8-18(20)36)10-24(39)51-19)6-15-2-3-16(9-23(37)38)27(41)25(15)28(21)42/h2-3,6-8,10,13,19-20,22,26,29-36,40-41,43-47H,4-5,9,11-12H2,1H3,(H,37,38). The van der Waals surface area contributed by atoms with E-state index in [0.717, 1.165) is 0 Å². The van der Waals surface area contributed by atoms with E-state index in [1.807, 2.05) is 0 Å². The molecule has 2 aromatic carbocycles. The van der Waals surface area contributed by atoms with Gasteiger partial charge in [0.15, 0.2) is 18.3 Å². The average Bonchev–Trinajstić information content (AvgIpc) is 3.39. The Morgan fingerprint density at radius 1 is 0.925 bits per heavy atom. The SMILES string of the molecule is CC1OC(O)C(OC2OC(COc3cc(CCOC4CC5OC(=O)C=C5C=C4O)cc4ccc(CC(=O)O)c(O)c4c3=O)C(O)C(O)C2O)C(O)C1O. The molecule has 2 fully saturated rings. The number of fused-ring (bicyclic) bond motifs is 2. The molecule has 1 aliphatic carbocycles. The van der Waals surface area contributed by atoms with Gasteiger partial charge in [-0.3, -0.25) is 9.59 Å². The molecule has 0 amide bonds. The van der Waals surface area contributed by atoms with Gasteiger partial charge in [-0.1, -0.05) is 18.2 Å². The highest BCUT2D eigenvalue weighted by Crippen LogP contribution is 2.33. The van der Waals surface area contributed by atoms with Gasteiger partial charge in [-0.15, -0.1) is 0 Å². The Kier molecular flexibility index (Phi) is 11.4. The van der Waals surface area contributed by atoms with Crippen molar-refractivity contribution in [1.29, 1.82) is 0 Å². The van der Waals surface area contributed by atoms with Gasteiger partial charge in [0.05, 0.1) is 24.5 Å². The summed E-state index contributed by atoms with van der Waals surface area (Å²) in [7, 11) is 0. The number of aliphatic hydroxyl groups is 7. The predicted molar refractivity (Wildman–Crippen MR) is 176 cm³/mol. The van der Waals surface area contributed by atoms with Crippen molar-refractivity contribution in [2.45, 2.75) is 99.8 Å². The molecular formula is C35H40O18. The molecule has 2 aromatic rings. The van der Waals surface area contributed by atoms with Crippen LogP contribution in [0.4, 0.5) is 0 Å². The second-order valence-electron chi connectivity index (χ2n) is 13.3. The maximum Gasteiger partial charge on any atom is 0.331 e. The van der Waals surface area contributed by atoms with Crippen LogP contribution >= 0.6 is 0 Å². The zero-order valence-electron chi connectivity index (χ0n) is 28.1. The number of benzene rings is 1. The van der Waals surface area contributed by atoms with Crippen molar-refractivity contribution in [1.82, 2.24) is 0 Å². The topological polar surface area (TPSA) is 289 Å². The lowest BCUT2D eigenvalue weighted by atomic mass is 9.96. The van der Waals surface area contributed by atoms with Crippen LogP contribution in [-0.2, 0) is 46.1 Å². The van der Waals surface area contributed by atoms with Gasteiger partial charge in [0.25, 0.3) is 0 Å². The lowest BCUT2D eigenvalue weighted by molar-refractivity contribution is -0.358. The number of carbonyl (C=O) groups is 2. The van der Waals surface area contributed by atoms with Gasteiger partial charge in [0.1, 0.15) is 73.1 Å². The first-order valence-corrected chi connectivity index (χ1v) is 16.8. The van der Waals surface area contributed by atoms with E-state index in [4.69, 9.17) is 28.4 Å². The Balaban J connectivity index is 1.24. The Morgan fingerprint density at radius 3 is 2.42 bits per heavy atom. The van der Waals surface area contributed by atoms with E-state index in [-0.39, 0.29) is 41.5 Å². The molecule has 6 rings (SSSR count). The number of hydrogen-bond acceptors (Lipinski definition) is 17.